The molecule has 2 rings (SSSR count). The number of unbranched alkanes of at least 4 members (excludes halogenated alkanes) is 1. The Kier molecular flexibility index (Phi) is 7.26. The van der Waals surface area contributed by atoms with Gasteiger partial charge < -0.3 is 15.4 Å². The second kappa shape index (κ2) is 9.45. The maximum absolute atomic E-state index is 11.9. The molecule has 1 aromatic rings. The number of carbonyl (C=O) groups excluding carboxylic acids is 1. The third-order valence-electron chi connectivity index (χ3n) is 3.86. The lowest BCUT2D eigenvalue weighted by atomic mass is 10.1. The summed E-state index contributed by atoms with van der Waals surface area (Å²) in [5.41, 5.74) is 0.966. The van der Waals surface area contributed by atoms with Gasteiger partial charge in [0.15, 0.2) is 0 Å². The molecule has 6 heteroatoms. The Hall–Kier alpha value is -1.69. The average molecular weight is 320 g/mol. The zero-order valence-corrected chi connectivity index (χ0v) is 14.2. The molecule has 2 N–H and O–H groups in total. The van der Waals surface area contributed by atoms with E-state index in [-0.39, 0.29) is 12.0 Å². The van der Waals surface area contributed by atoms with Crippen LogP contribution in [0.25, 0.3) is 0 Å². The number of nitrogens with one attached hydrogen (secondary N) is 2. The zero-order chi connectivity index (χ0) is 16.5. The van der Waals surface area contributed by atoms with Crippen molar-refractivity contribution in [2.24, 2.45) is 0 Å². The molecule has 1 aromatic heterocycles. The Morgan fingerprint density at radius 1 is 1.35 bits per heavy atom. The third kappa shape index (κ3) is 6.14. The minimum Gasteiger partial charge on any atom is -0.368 e. The molecular weight excluding hydrogens is 292 g/mol. The number of hydrogen-bond donors (Lipinski definition) is 2. The summed E-state index contributed by atoms with van der Waals surface area (Å²) < 4.78 is 5.47. The quantitative estimate of drug-likeness (QED) is 0.718. The molecule has 0 aromatic carbocycles. The fourth-order valence-electron chi connectivity index (χ4n) is 2.60. The first-order valence-corrected chi connectivity index (χ1v) is 8.66. The summed E-state index contributed by atoms with van der Waals surface area (Å²) in [6.45, 7) is 6.03. The predicted molar refractivity (Wildman–Crippen MR) is 90.5 cm³/mol. The minimum absolute atomic E-state index is 0.00555. The van der Waals surface area contributed by atoms with E-state index in [9.17, 15) is 4.79 Å². The highest BCUT2D eigenvalue weighted by molar-refractivity contribution is 5.80. The SMILES string of the molecule is CCCCc1nc(C)cc(NCCNC(=O)[C@H]2CCCCO2)n1. The number of ether oxygens (including phenoxy) is 1. The van der Waals surface area contributed by atoms with Crippen LogP contribution >= 0.6 is 0 Å². The highest BCUT2D eigenvalue weighted by atomic mass is 16.5. The molecule has 1 fully saturated rings. The summed E-state index contributed by atoms with van der Waals surface area (Å²) in [6, 6.07) is 1.93. The van der Waals surface area contributed by atoms with Gasteiger partial charge in [-0.25, -0.2) is 9.97 Å². The first-order valence-electron chi connectivity index (χ1n) is 8.66. The monoisotopic (exact) mass is 320 g/mol. The molecule has 0 unspecified atom stereocenters. The van der Waals surface area contributed by atoms with Crippen LogP contribution in [0.3, 0.4) is 0 Å². The zero-order valence-electron chi connectivity index (χ0n) is 14.2. The maximum atomic E-state index is 11.9. The second-order valence-electron chi connectivity index (χ2n) is 5.99. The van der Waals surface area contributed by atoms with Crippen molar-refractivity contribution in [3.8, 4) is 0 Å². The van der Waals surface area contributed by atoms with Gasteiger partial charge in [0.1, 0.15) is 17.7 Å². The van der Waals surface area contributed by atoms with Crippen molar-refractivity contribution in [2.45, 2.75) is 58.5 Å². The summed E-state index contributed by atoms with van der Waals surface area (Å²) in [4.78, 5) is 20.9. The highest BCUT2D eigenvalue weighted by Crippen LogP contribution is 2.12. The first kappa shape index (κ1) is 17.7. The van der Waals surface area contributed by atoms with Gasteiger partial charge in [0.25, 0.3) is 0 Å². The van der Waals surface area contributed by atoms with Crippen LogP contribution in [0.2, 0.25) is 0 Å². The largest absolute Gasteiger partial charge is 0.368 e. The number of anilines is 1. The molecule has 0 aliphatic carbocycles. The van der Waals surface area contributed by atoms with Crippen molar-refractivity contribution in [1.29, 1.82) is 0 Å². The molecule has 1 aliphatic heterocycles. The van der Waals surface area contributed by atoms with E-state index >= 15 is 0 Å². The molecule has 128 valence electrons. The normalized spacial score (nSPS) is 17.7. The summed E-state index contributed by atoms with van der Waals surface area (Å²) in [5, 5.41) is 6.17. The summed E-state index contributed by atoms with van der Waals surface area (Å²) in [6.07, 6.45) is 5.81. The number of carbonyl (C=O) groups is 1. The summed E-state index contributed by atoms with van der Waals surface area (Å²) >= 11 is 0. The van der Waals surface area contributed by atoms with Crippen LogP contribution in [0, 0.1) is 6.92 Å². The summed E-state index contributed by atoms with van der Waals surface area (Å²) in [5.74, 6) is 1.70. The molecule has 1 amide bonds. The standard InChI is InChI=1S/C17H28N4O2/c1-3-4-8-15-20-13(2)12-16(21-15)18-9-10-19-17(22)14-7-5-6-11-23-14/h12,14H,3-11H2,1-2H3,(H,19,22)(H,18,20,21)/t14-/m1/s1. The van der Waals surface area contributed by atoms with E-state index < -0.39 is 0 Å². The van der Waals surface area contributed by atoms with Gasteiger partial charge in [-0.15, -0.1) is 0 Å². The lowest BCUT2D eigenvalue weighted by Crippen LogP contribution is -2.40. The molecule has 2 heterocycles. The Balaban J connectivity index is 1.72. The van der Waals surface area contributed by atoms with Crippen LogP contribution in [0.4, 0.5) is 5.82 Å². The van der Waals surface area contributed by atoms with Crippen molar-refractivity contribution in [3.63, 3.8) is 0 Å². The topological polar surface area (TPSA) is 76.1 Å². The Bertz CT molecular complexity index is 501. The van der Waals surface area contributed by atoms with Gasteiger partial charge in [0.2, 0.25) is 5.91 Å². The van der Waals surface area contributed by atoms with Gasteiger partial charge in [-0.05, 0) is 32.6 Å². The molecule has 0 bridgehead atoms. The van der Waals surface area contributed by atoms with E-state index in [1.54, 1.807) is 0 Å². The fourth-order valence-corrected chi connectivity index (χ4v) is 2.60. The average Bonchev–Trinajstić information content (AvgIpc) is 2.57. The molecule has 6 nitrogen and oxygen atoms in total. The molecule has 0 saturated carbocycles. The van der Waals surface area contributed by atoms with Crippen LogP contribution in [0.15, 0.2) is 6.07 Å². The number of aromatic nitrogens is 2. The molecule has 0 radical (unpaired) electrons. The molecule has 23 heavy (non-hydrogen) atoms. The Morgan fingerprint density at radius 3 is 2.96 bits per heavy atom. The van der Waals surface area contributed by atoms with E-state index in [0.717, 1.165) is 55.9 Å². The van der Waals surface area contributed by atoms with Gasteiger partial charge in [-0.1, -0.05) is 13.3 Å². The van der Waals surface area contributed by atoms with Crippen molar-refractivity contribution in [3.05, 3.63) is 17.6 Å². The molecule has 0 spiro atoms. The minimum atomic E-state index is -0.273. The van der Waals surface area contributed by atoms with Crippen molar-refractivity contribution in [1.82, 2.24) is 15.3 Å². The number of hydrogen-bond acceptors (Lipinski definition) is 5. The lowest BCUT2D eigenvalue weighted by Gasteiger charge is -2.21. The van der Waals surface area contributed by atoms with Gasteiger partial charge in [0, 0.05) is 37.9 Å². The van der Waals surface area contributed by atoms with Gasteiger partial charge in [-0.3, -0.25) is 4.79 Å². The van der Waals surface area contributed by atoms with Crippen LogP contribution < -0.4 is 10.6 Å². The van der Waals surface area contributed by atoms with E-state index in [0.29, 0.717) is 19.7 Å². The fraction of sp³-hybridized carbons (Fsp3) is 0.706. The van der Waals surface area contributed by atoms with Crippen LogP contribution in [0.1, 0.15) is 50.5 Å². The second-order valence-corrected chi connectivity index (χ2v) is 5.99. The number of rotatable bonds is 8. The van der Waals surface area contributed by atoms with E-state index in [2.05, 4.69) is 27.5 Å². The number of amides is 1. The van der Waals surface area contributed by atoms with E-state index in [1.807, 2.05) is 13.0 Å². The smallest absolute Gasteiger partial charge is 0.249 e. The molecule has 1 saturated heterocycles. The number of nitrogens with zero attached hydrogens (tertiary/aromatic N) is 2. The van der Waals surface area contributed by atoms with Crippen molar-refractivity contribution >= 4 is 11.7 Å². The van der Waals surface area contributed by atoms with Crippen LogP contribution in [-0.4, -0.2) is 41.7 Å². The van der Waals surface area contributed by atoms with Gasteiger partial charge in [-0.2, -0.15) is 0 Å². The van der Waals surface area contributed by atoms with Crippen LogP contribution in [0.5, 0.6) is 0 Å². The molecular formula is C17H28N4O2. The third-order valence-corrected chi connectivity index (χ3v) is 3.86. The van der Waals surface area contributed by atoms with Gasteiger partial charge in [0.05, 0.1) is 0 Å². The van der Waals surface area contributed by atoms with Crippen molar-refractivity contribution in [2.75, 3.05) is 25.0 Å². The molecule has 1 aliphatic rings. The molecule has 1 atom stereocenters. The van der Waals surface area contributed by atoms with Gasteiger partial charge >= 0.3 is 0 Å². The van der Waals surface area contributed by atoms with Crippen LogP contribution in [-0.2, 0) is 16.0 Å². The van der Waals surface area contributed by atoms with Crippen molar-refractivity contribution < 1.29 is 9.53 Å². The maximum Gasteiger partial charge on any atom is 0.249 e. The Morgan fingerprint density at radius 2 is 2.22 bits per heavy atom. The Labute approximate surface area is 138 Å². The lowest BCUT2D eigenvalue weighted by molar-refractivity contribution is -0.135. The predicted octanol–water partition coefficient (Wildman–Crippen LogP) is 2.22. The number of aryl methyl sites for hydroxylation is 2. The van der Waals surface area contributed by atoms with E-state index in [4.69, 9.17) is 4.74 Å². The van der Waals surface area contributed by atoms with E-state index in [1.165, 1.54) is 0 Å². The first-order chi connectivity index (χ1) is 11.2. The highest BCUT2D eigenvalue weighted by Gasteiger charge is 2.21. The summed E-state index contributed by atoms with van der Waals surface area (Å²) in [7, 11) is 0.